The third kappa shape index (κ3) is 2.34. The molecule has 22 heavy (non-hydrogen) atoms. The molecule has 3 unspecified atom stereocenters. The Bertz CT molecular complexity index is 777. The van der Waals surface area contributed by atoms with Crippen LogP contribution in [0.5, 0.6) is 0 Å². The van der Waals surface area contributed by atoms with Crippen LogP contribution in [0.25, 0.3) is 0 Å². The lowest BCUT2D eigenvalue weighted by Crippen LogP contribution is -2.35. The highest BCUT2D eigenvalue weighted by Gasteiger charge is 2.68. The zero-order valence-electron chi connectivity index (χ0n) is 11.7. The molecule has 1 fully saturated rings. The number of benzene rings is 2. The van der Waals surface area contributed by atoms with Crippen LogP contribution >= 0.6 is 11.6 Å². The largest absolute Gasteiger partial charge is 0.394 e. The van der Waals surface area contributed by atoms with Gasteiger partial charge in [0.05, 0.1) is 22.3 Å². The Kier molecular flexibility index (Phi) is 3.77. The second-order valence-corrected chi connectivity index (χ2v) is 8.08. The molecule has 0 aromatic heterocycles. The van der Waals surface area contributed by atoms with Gasteiger partial charge in [-0.25, -0.2) is 8.42 Å². The van der Waals surface area contributed by atoms with Crippen LogP contribution in [-0.2, 0) is 9.84 Å². The maximum absolute atomic E-state index is 12.8. The van der Waals surface area contributed by atoms with Crippen molar-refractivity contribution in [3.8, 4) is 0 Å². The summed E-state index contributed by atoms with van der Waals surface area (Å²) in [5.41, 5.74) is 5.77. The van der Waals surface area contributed by atoms with Crippen molar-refractivity contribution in [2.75, 3.05) is 6.61 Å². The van der Waals surface area contributed by atoms with E-state index in [9.17, 15) is 13.5 Å². The second kappa shape index (κ2) is 5.35. The normalized spacial score (nSPS) is 27.6. The van der Waals surface area contributed by atoms with Gasteiger partial charge in [0.15, 0.2) is 9.84 Å². The summed E-state index contributed by atoms with van der Waals surface area (Å²) in [4.78, 5) is 0.222. The Labute approximate surface area is 134 Å². The molecule has 0 radical (unpaired) electrons. The molecule has 4 nitrogen and oxygen atoms in total. The fourth-order valence-corrected chi connectivity index (χ4v) is 5.44. The van der Waals surface area contributed by atoms with E-state index in [4.69, 9.17) is 17.3 Å². The van der Waals surface area contributed by atoms with Gasteiger partial charge in [-0.3, -0.25) is 0 Å². The molecule has 3 rings (SSSR count). The quantitative estimate of drug-likeness (QED) is 0.893. The summed E-state index contributed by atoms with van der Waals surface area (Å²) >= 11 is 5.87. The van der Waals surface area contributed by atoms with Crippen molar-refractivity contribution in [3.63, 3.8) is 0 Å². The number of aliphatic hydroxyl groups excluding tert-OH is 1. The highest BCUT2D eigenvalue weighted by atomic mass is 35.5. The van der Waals surface area contributed by atoms with Crippen molar-refractivity contribution < 1.29 is 13.5 Å². The standard InChI is InChI=1S/C16H16ClNO3S/c17-12-8-6-11(7-9-12)14-15(16(14,18)10-19)22(20,21)13-4-2-1-3-5-13/h1-9,14-15,19H,10,18H2. The summed E-state index contributed by atoms with van der Waals surface area (Å²) in [6, 6.07) is 15.1. The maximum Gasteiger partial charge on any atom is 0.183 e. The average Bonchev–Trinajstić information content (AvgIpc) is 3.17. The van der Waals surface area contributed by atoms with Crippen molar-refractivity contribution >= 4 is 21.4 Å². The van der Waals surface area contributed by atoms with Crippen LogP contribution in [0.3, 0.4) is 0 Å². The van der Waals surface area contributed by atoms with E-state index < -0.39 is 33.2 Å². The molecule has 3 N–H and O–H groups in total. The van der Waals surface area contributed by atoms with Crippen LogP contribution in [0.15, 0.2) is 59.5 Å². The number of sulfone groups is 1. The first-order valence-corrected chi connectivity index (χ1v) is 8.78. The van der Waals surface area contributed by atoms with E-state index in [1.165, 1.54) is 0 Å². The van der Waals surface area contributed by atoms with Crippen LogP contribution in [0.2, 0.25) is 5.02 Å². The second-order valence-electron chi connectivity index (χ2n) is 5.58. The predicted molar refractivity (Wildman–Crippen MR) is 85.6 cm³/mol. The number of hydrogen-bond acceptors (Lipinski definition) is 4. The molecule has 0 heterocycles. The minimum atomic E-state index is -3.61. The molecular formula is C16H16ClNO3S. The maximum atomic E-state index is 12.8. The van der Waals surface area contributed by atoms with Crippen molar-refractivity contribution in [1.82, 2.24) is 0 Å². The molecular weight excluding hydrogens is 322 g/mol. The van der Waals surface area contributed by atoms with Crippen LogP contribution in [0.4, 0.5) is 0 Å². The molecule has 0 amide bonds. The molecule has 0 saturated heterocycles. The molecule has 2 aromatic rings. The van der Waals surface area contributed by atoms with Gasteiger partial charge in [0.2, 0.25) is 0 Å². The number of rotatable bonds is 4. The van der Waals surface area contributed by atoms with Crippen molar-refractivity contribution in [1.29, 1.82) is 0 Å². The van der Waals surface area contributed by atoms with Gasteiger partial charge < -0.3 is 10.8 Å². The van der Waals surface area contributed by atoms with Gasteiger partial charge in [-0.05, 0) is 29.8 Å². The number of nitrogens with two attached hydrogens (primary N) is 1. The van der Waals surface area contributed by atoms with Gasteiger partial charge in [-0.2, -0.15) is 0 Å². The summed E-state index contributed by atoms with van der Waals surface area (Å²) in [6.45, 7) is -0.392. The number of aliphatic hydroxyl groups is 1. The van der Waals surface area contributed by atoms with Crippen LogP contribution < -0.4 is 5.73 Å². The molecule has 116 valence electrons. The van der Waals surface area contributed by atoms with Crippen molar-refractivity contribution in [2.45, 2.75) is 21.6 Å². The Hall–Kier alpha value is -1.40. The summed E-state index contributed by atoms with van der Waals surface area (Å²) in [6.07, 6.45) is 0. The molecule has 2 aromatic carbocycles. The van der Waals surface area contributed by atoms with Crippen LogP contribution in [0, 0.1) is 0 Å². The van der Waals surface area contributed by atoms with E-state index in [0.717, 1.165) is 5.56 Å². The topological polar surface area (TPSA) is 80.4 Å². The predicted octanol–water partition coefficient (Wildman–Crippen LogP) is 1.97. The van der Waals surface area contributed by atoms with E-state index in [0.29, 0.717) is 5.02 Å². The molecule has 6 heteroatoms. The molecule has 0 spiro atoms. The van der Waals surface area contributed by atoms with Gasteiger partial charge in [0, 0.05) is 10.9 Å². The number of halogens is 1. The molecule has 0 aliphatic heterocycles. The van der Waals surface area contributed by atoms with Gasteiger partial charge in [0.25, 0.3) is 0 Å². The van der Waals surface area contributed by atoms with Crippen molar-refractivity contribution in [3.05, 3.63) is 65.2 Å². The van der Waals surface area contributed by atoms with E-state index in [2.05, 4.69) is 0 Å². The molecule has 0 bridgehead atoms. The SMILES string of the molecule is NC1(CO)C(c2ccc(Cl)cc2)C1S(=O)(=O)c1ccccc1. The lowest BCUT2D eigenvalue weighted by Gasteiger charge is -2.08. The van der Waals surface area contributed by atoms with E-state index in [1.54, 1.807) is 54.6 Å². The van der Waals surface area contributed by atoms with E-state index in [-0.39, 0.29) is 4.90 Å². The Morgan fingerprint density at radius 1 is 1.09 bits per heavy atom. The first-order chi connectivity index (χ1) is 10.4. The summed E-state index contributed by atoms with van der Waals surface area (Å²) in [5.74, 6) is -0.444. The molecule has 1 saturated carbocycles. The third-order valence-corrected chi connectivity index (χ3v) is 6.77. The first kappa shape index (κ1) is 15.5. The average molecular weight is 338 g/mol. The lowest BCUT2D eigenvalue weighted by molar-refractivity contribution is 0.253. The van der Waals surface area contributed by atoms with Gasteiger partial charge in [-0.1, -0.05) is 41.9 Å². The zero-order valence-corrected chi connectivity index (χ0v) is 13.3. The fraction of sp³-hybridized carbons (Fsp3) is 0.250. The Balaban J connectivity index is 2.02. The van der Waals surface area contributed by atoms with Gasteiger partial charge in [-0.15, -0.1) is 0 Å². The number of hydrogen-bond donors (Lipinski definition) is 2. The lowest BCUT2D eigenvalue weighted by atomic mass is 10.1. The van der Waals surface area contributed by atoms with E-state index in [1.807, 2.05) is 0 Å². The summed E-state index contributed by atoms with van der Waals surface area (Å²) in [5, 5.41) is 9.35. The van der Waals surface area contributed by atoms with Crippen LogP contribution in [0.1, 0.15) is 11.5 Å². The summed E-state index contributed by atoms with van der Waals surface area (Å²) in [7, 11) is -3.61. The van der Waals surface area contributed by atoms with Crippen LogP contribution in [-0.4, -0.2) is 30.9 Å². The third-order valence-electron chi connectivity index (χ3n) is 4.21. The first-order valence-electron chi connectivity index (χ1n) is 6.85. The zero-order chi connectivity index (χ0) is 16.0. The van der Waals surface area contributed by atoms with Gasteiger partial charge in [0.1, 0.15) is 0 Å². The Morgan fingerprint density at radius 2 is 1.68 bits per heavy atom. The van der Waals surface area contributed by atoms with E-state index >= 15 is 0 Å². The summed E-state index contributed by atoms with van der Waals surface area (Å²) < 4.78 is 25.6. The Morgan fingerprint density at radius 3 is 2.23 bits per heavy atom. The highest BCUT2D eigenvalue weighted by molar-refractivity contribution is 7.92. The molecule has 1 aliphatic carbocycles. The minimum absolute atomic E-state index is 0.222. The monoisotopic (exact) mass is 337 g/mol. The molecule has 3 atom stereocenters. The highest BCUT2D eigenvalue weighted by Crippen LogP contribution is 2.55. The fourth-order valence-electron chi connectivity index (χ4n) is 2.99. The minimum Gasteiger partial charge on any atom is -0.394 e. The van der Waals surface area contributed by atoms with Gasteiger partial charge >= 0.3 is 0 Å². The smallest absolute Gasteiger partial charge is 0.183 e. The van der Waals surface area contributed by atoms with Crippen molar-refractivity contribution in [2.24, 2.45) is 5.73 Å². The molecule has 1 aliphatic rings.